The van der Waals surface area contributed by atoms with E-state index in [4.69, 9.17) is 31.9 Å². The Morgan fingerprint density at radius 3 is 1.67 bits per heavy atom. The van der Waals surface area contributed by atoms with Crippen molar-refractivity contribution in [1.82, 2.24) is 0 Å². The van der Waals surface area contributed by atoms with Crippen molar-refractivity contribution in [2.75, 3.05) is 6.61 Å². The molecule has 0 saturated carbocycles. The van der Waals surface area contributed by atoms with Gasteiger partial charge in [-0.25, -0.2) is 8.42 Å². The Kier molecular flexibility index (Phi) is 24.0. The molecule has 2 unspecified atom stereocenters. The summed E-state index contributed by atoms with van der Waals surface area (Å²) < 4.78 is 45.7. The fourth-order valence-electron chi connectivity index (χ4n) is 0.187. The molecule has 0 fully saturated rings. The van der Waals surface area contributed by atoms with E-state index in [-0.39, 0.29) is 71.8 Å². The van der Waals surface area contributed by atoms with Crippen LogP contribution in [0.3, 0.4) is 0 Å². The number of rotatable bonds is 3. The van der Waals surface area contributed by atoms with Gasteiger partial charge in [-0.05, 0) is 13.3 Å². The van der Waals surface area contributed by atoms with Crippen LogP contribution in [0.4, 0.5) is 0 Å². The Morgan fingerprint density at radius 2 is 1.67 bits per heavy atom. The van der Waals surface area contributed by atoms with Crippen LogP contribution in [0.15, 0.2) is 0 Å². The molecular weight excluding hydrogens is 270 g/mol. The summed E-state index contributed by atoms with van der Waals surface area (Å²) in [6, 6.07) is 0. The third kappa shape index (κ3) is 25.9. The van der Waals surface area contributed by atoms with Crippen LogP contribution in [-0.4, -0.2) is 44.7 Å². The maximum absolute atomic E-state index is 9.16. The largest absolute Gasteiger partial charge is 1.00 e. The number of aliphatic hydroxyl groups is 2. The topological polar surface area (TPSA) is 138 Å². The van der Waals surface area contributed by atoms with Gasteiger partial charge in [-0.3, -0.25) is 4.21 Å². The molecule has 0 spiro atoms. The summed E-state index contributed by atoms with van der Waals surface area (Å²) in [7, 11) is -8.59. The van der Waals surface area contributed by atoms with Crippen LogP contribution in [0.5, 0.6) is 0 Å². The Balaban J connectivity index is -0.0000000718. The molecule has 15 heavy (non-hydrogen) atoms. The average Bonchev–Trinajstić information content (AvgIpc) is 1.85. The molecule has 7 nitrogen and oxygen atoms in total. The minimum atomic E-state index is -5.07. The van der Waals surface area contributed by atoms with E-state index in [2.05, 4.69) is 0 Å². The van der Waals surface area contributed by atoms with Crippen LogP contribution in [0.1, 0.15) is 13.3 Å². The van der Waals surface area contributed by atoms with Crippen molar-refractivity contribution in [3.8, 4) is 0 Å². The van der Waals surface area contributed by atoms with Crippen molar-refractivity contribution >= 4 is 19.3 Å². The smallest absolute Gasteiger partial charge is 0.761 e. The van der Waals surface area contributed by atoms with E-state index in [9.17, 15) is 0 Å². The van der Waals surface area contributed by atoms with Crippen LogP contribution in [-0.2, 0) is 19.3 Å². The van der Waals surface area contributed by atoms with Gasteiger partial charge >= 0.3 is 59.1 Å². The van der Waals surface area contributed by atoms with Crippen LogP contribution >= 0.6 is 0 Å². The van der Waals surface area contributed by atoms with Crippen LogP contribution in [0.25, 0.3) is 0 Å². The van der Waals surface area contributed by atoms with E-state index >= 15 is 0 Å². The van der Waals surface area contributed by atoms with Gasteiger partial charge in [-0.2, -0.15) is 0 Å². The molecule has 0 aliphatic carbocycles. The molecule has 11 heteroatoms. The molecule has 0 saturated heterocycles. The van der Waals surface area contributed by atoms with Crippen LogP contribution < -0.4 is 59.1 Å². The van der Waals surface area contributed by atoms with Gasteiger partial charge in [0.1, 0.15) is 0 Å². The number of hydrogen-bond acceptors (Lipinski definition) is 7. The van der Waals surface area contributed by atoms with Gasteiger partial charge in [-0.1, -0.05) is 0 Å². The van der Waals surface area contributed by atoms with E-state index in [0.29, 0.717) is 6.42 Å². The number of hydrogen-bond donors (Lipinski definition) is 2. The minimum absolute atomic E-state index is 0. The fourth-order valence-corrected chi connectivity index (χ4v) is 0.187. The monoisotopic (exact) mass is 280 g/mol. The molecule has 2 atom stereocenters. The van der Waals surface area contributed by atoms with Crippen molar-refractivity contribution in [2.45, 2.75) is 19.4 Å². The molecule has 0 radical (unpaired) electrons. The first-order valence-electron chi connectivity index (χ1n) is 3.06. The van der Waals surface area contributed by atoms with Crippen molar-refractivity contribution in [3.05, 3.63) is 0 Å². The second-order valence-corrected chi connectivity index (χ2v) is 5.24. The van der Waals surface area contributed by atoms with E-state index in [0.717, 1.165) is 0 Å². The van der Waals surface area contributed by atoms with Crippen molar-refractivity contribution < 1.29 is 91.1 Å². The second-order valence-electron chi connectivity index (χ2n) is 1.97. The quantitative estimate of drug-likeness (QED) is 0.226. The molecule has 0 aromatic heterocycles. The zero-order chi connectivity index (χ0) is 11.1. The molecule has 82 valence electrons. The zero-order valence-electron chi connectivity index (χ0n) is 8.74. The van der Waals surface area contributed by atoms with E-state index in [1.165, 1.54) is 0 Å². The van der Waals surface area contributed by atoms with Gasteiger partial charge in [0.15, 0.2) is 9.15 Å². The Morgan fingerprint density at radius 1 is 1.40 bits per heavy atom. The van der Waals surface area contributed by atoms with Crippen molar-refractivity contribution in [1.29, 1.82) is 0 Å². The molecule has 2 N–H and O–H groups in total. The van der Waals surface area contributed by atoms with Crippen molar-refractivity contribution in [2.24, 2.45) is 0 Å². The summed E-state index contributed by atoms with van der Waals surface area (Å²) in [5.74, 6) is 0. The van der Waals surface area contributed by atoms with E-state index in [1.807, 2.05) is 0 Å². The molecule has 0 heterocycles. The molecule has 0 aromatic carbocycles. The van der Waals surface area contributed by atoms with E-state index in [1.54, 1.807) is 6.92 Å². The van der Waals surface area contributed by atoms with Crippen LogP contribution in [0.2, 0.25) is 0 Å². The normalized spacial score (nSPS) is 13.4. The predicted molar refractivity (Wildman–Crippen MR) is 42.0 cm³/mol. The zero-order valence-corrected chi connectivity index (χ0v) is 14.4. The first kappa shape index (κ1) is 25.7. The van der Waals surface area contributed by atoms with Gasteiger partial charge in [0.2, 0.25) is 0 Å². The summed E-state index contributed by atoms with van der Waals surface area (Å²) in [4.78, 5) is 0. The first-order valence-corrected chi connectivity index (χ1v) is 6.06. The summed E-state index contributed by atoms with van der Waals surface area (Å²) in [5, 5.41) is 16.5. The average molecular weight is 280 g/mol. The molecule has 0 aliphatic rings. The van der Waals surface area contributed by atoms with Gasteiger partial charge in [0.05, 0.1) is 16.2 Å². The Labute approximate surface area is 135 Å². The van der Waals surface area contributed by atoms with Crippen LogP contribution in [0, 0.1) is 0 Å². The maximum atomic E-state index is 9.16. The third-order valence-electron chi connectivity index (χ3n) is 0.714. The van der Waals surface area contributed by atoms with Gasteiger partial charge in [0.25, 0.3) is 0 Å². The standard InChI is InChI=1S/C4H10O2.2Na.H2O5S2/c1-4(6)2-3-5;;;1-6(2)7(3,4)5/h4-6H,2-3H2,1H3;;;(H,1,2)(H,3,4,5)/q;2*+1;/p-2. The SMILES string of the molecule is CC(O)CCO.O=S([O-])S(=O)(=O)[O-].[Na+].[Na+]. The molecule has 0 bridgehead atoms. The number of aliphatic hydroxyl groups excluding tert-OH is 2. The molecular formula is C4H10Na2O7S2. The van der Waals surface area contributed by atoms with Gasteiger partial charge < -0.3 is 19.3 Å². The minimum Gasteiger partial charge on any atom is -0.761 e. The van der Waals surface area contributed by atoms with E-state index < -0.39 is 19.3 Å². The maximum Gasteiger partial charge on any atom is 1.00 e. The Bertz CT molecular complexity index is 239. The van der Waals surface area contributed by atoms with Gasteiger partial charge in [-0.15, -0.1) is 0 Å². The third-order valence-corrected chi connectivity index (χ3v) is 2.05. The fraction of sp³-hybridized carbons (Fsp3) is 1.00. The summed E-state index contributed by atoms with van der Waals surface area (Å²) >= 11 is 0. The molecule has 0 aliphatic heterocycles. The second kappa shape index (κ2) is 14.0. The van der Waals surface area contributed by atoms with Gasteiger partial charge in [0, 0.05) is 6.61 Å². The first-order chi connectivity index (χ1) is 5.71. The molecule has 0 amide bonds. The van der Waals surface area contributed by atoms with Crippen molar-refractivity contribution in [3.63, 3.8) is 0 Å². The molecule has 0 rings (SSSR count). The summed E-state index contributed by atoms with van der Waals surface area (Å²) in [6.45, 7) is 1.73. The predicted octanol–water partition coefficient (Wildman–Crippen LogP) is -7.92. The summed E-state index contributed by atoms with van der Waals surface area (Å²) in [5.41, 5.74) is 0. The Hall–Kier alpha value is 1.94. The summed E-state index contributed by atoms with van der Waals surface area (Å²) in [6.07, 6.45) is 0.134. The molecule has 0 aromatic rings.